The lowest BCUT2D eigenvalue weighted by Crippen LogP contribution is -2.33. The van der Waals surface area contributed by atoms with Gasteiger partial charge in [0.15, 0.2) is 11.5 Å². The van der Waals surface area contributed by atoms with E-state index in [9.17, 15) is 14.0 Å². The van der Waals surface area contributed by atoms with E-state index >= 15 is 0 Å². The van der Waals surface area contributed by atoms with E-state index in [0.717, 1.165) is 11.1 Å². The summed E-state index contributed by atoms with van der Waals surface area (Å²) in [6.45, 7) is 3.08. The second kappa shape index (κ2) is 7.19. The number of halogens is 1. The van der Waals surface area contributed by atoms with Gasteiger partial charge in [-0.15, -0.1) is 0 Å². The third kappa shape index (κ3) is 3.41. The summed E-state index contributed by atoms with van der Waals surface area (Å²) in [7, 11) is 1.80. The Morgan fingerprint density at radius 2 is 1.94 bits per heavy atom. The normalized spacial score (nSPS) is 14.5. The molecule has 31 heavy (non-hydrogen) atoms. The number of Topliss-reactive ketones (excluding diaryl/α,β-unsaturated/α-hetero) is 1. The van der Waals surface area contributed by atoms with Crippen molar-refractivity contribution in [3.63, 3.8) is 0 Å². The van der Waals surface area contributed by atoms with E-state index in [-0.39, 0.29) is 17.3 Å². The molecule has 0 bridgehead atoms. The zero-order valence-electron chi connectivity index (χ0n) is 17.2. The average Bonchev–Trinajstić information content (AvgIpc) is 3.29. The van der Waals surface area contributed by atoms with Crippen molar-refractivity contribution in [2.45, 2.75) is 19.8 Å². The number of benzene rings is 1. The van der Waals surface area contributed by atoms with E-state index < -0.39 is 5.82 Å². The van der Waals surface area contributed by atoms with Gasteiger partial charge in [-0.3, -0.25) is 14.3 Å². The third-order valence-corrected chi connectivity index (χ3v) is 5.56. The summed E-state index contributed by atoms with van der Waals surface area (Å²) in [6, 6.07) is 4.87. The molecule has 3 aromatic heterocycles. The van der Waals surface area contributed by atoms with E-state index in [1.54, 1.807) is 41.5 Å². The smallest absolute Gasteiger partial charge is 0.257 e. The molecular formula is C22H21FN6O2. The molecule has 158 valence electrons. The van der Waals surface area contributed by atoms with Gasteiger partial charge in [0.05, 0.1) is 16.9 Å². The Morgan fingerprint density at radius 3 is 2.71 bits per heavy atom. The van der Waals surface area contributed by atoms with Crippen LogP contribution >= 0.6 is 0 Å². The highest BCUT2D eigenvalue weighted by atomic mass is 19.1. The number of aromatic nitrogens is 4. The van der Waals surface area contributed by atoms with Crippen molar-refractivity contribution in [3.8, 4) is 0 Å². The fourth-order valence-corrected chi connectivity index (χ4v) is 4.11. The first-order valence-corrected chi connectivity index (χ1v) is 10.1. The molecule has 1 aromatic carbocycles. The van der Waals surface area contributed by atoms with Crippen LogP contribution in [0.2, 0.25) is 0 Å². The maximum atomic E-state index is 14.4. The van der Waals surface area contributed by atoms with E-state index in [2.05, 4.69) is 20.3 Å². The summed E-state index contributed by atoms with van der Waals surface area (Å²) in [6.07, 6.45) is 6.24. The van der Waals surface area contributed by atoms with Crippen molar-refractivity contribution >= 4 is 39.6 Å². The van der Waals surface area contributed by atoms with Crippen LogP contribution in [0.4, 0.5) is 15.8 Å². The van der Waals surface area contributed by atoms with E-state index in [1.165, 1.54) is 6.07 Å². The Kier molecular flexibility index (Phi) is 4.46. The molecule has 8 nitrogen and oxygen atoms in total. The van der Waals surface area contributed by atoms with Gasteiger partial charge in [0.25, 0.3) is 5.91 Å². The van der Waals surface area contributed by atoms with Crippen LogP contribution in [0.25, 0.3) is 16.6 Å². The second-order valence-corrected chi connectivity index (χ2v) is 7.87. The van der Waals surface area contributed by atoms with Crippen molar-refractivity contribution < 1.29 is 14.0 Å². The summed E-state index contributed by atoms with van der Waals surface area (Å²) < 4.78 is 17.6. The molecule has 1 aliphatic rings. The molecule has 5 rings (SSSR count). The van der Waals surface area contributed by atoms with Crippen molar-refractivity contribution in [2.24, 2.45) is 7.05 Å². The molecule has 0 unspecified atom stereocenters. The quantitative estimate of drug-likeness (QED) is 0.551. The number of pyridine rings is 1. The Morgan fingerprint density at radius 1 is 1.16 bits per heavy atom. The highest BCUT2D eigenvalue weighted by Crippen LogP contribution is 2.31. The van der Waals surface area contributed by atoms with Gasteiger partial charge in [-0.1, -0.05) is 0 Å². The van der Waals surface area contributed by atoms with Gasteiger partial charge in [-0.2, -0.15) is 5.10 Å². The summed E-state index contributed by atoms with van der Waals surface area (Å²) in [5.41, 5.74) is 3.15. The van der Waals surface area contributed by atoms with Gasteiger partial charge in [0.1, 0.15) is 11.3 Å². The number of imidazole rings is 1. The first-order valence-electron chi connectivity index (χ1n) is 10.1. The van der Waals surface area contributed by atoms with Crippen LogP contribution in [-0.2, 0) is 11.8 Å². The predicted octanol–water partition coefficient (Wildman–Crippen LogP) is 3.09. The van der Waals surface area contributed by atoms with Gasteiger partial charge in [-0.25, -0.2) is 9.37 Å². The molecule has 9 heteroatoms. The Hall–Kier alpha value is -3.75. The van der Waals surface area contributed by atoms with Gasteiger partial charge in [0.2, 0.25) is 0 Å². The van der Waals surface area contributed by atoms with Crippen LogP contribution in [0.5, 0.6) is 0 Å². The fraction of sp³-hybridized carbons (Fsp3) is 0.273. The molecule has 1 amide bonds. The number of aryl methyl sites for hydroxylation is 2. The summed E-state index contributed by atoms with van der Waals surface area (Å²) in [4.78, 5) is 30.9. The number of hydrogen-bond acceptors (Lipinski definition) is 5. The topological polar surface area (TPSA) is 84.5 Å². The maximum Gasteiger partial charge on any atom is 0.257 e. The summed E-state index contributed by atoms with van der Waals surface area (Å²) in [5.74, 6) is -0.615. The van der Waals surface area contributed by atoms with Crippen LogP contribution in [0.3, 0.4) is 0 Å². The number of piperidine rings is 1. The second-order valence-electron chi connectivity index (χ2n) is 7.87. The number of carbonyl (C=O) groups is 2. The maximum absolute atomic E-state index is 14.4. The highest BCUT2D eigenvalue weighted by molar-refractivity contribution is 6.14. The first kappa shape index (κ1) is 19.2. The molecule has 1 saturated heterocycles. The number of fused-ring (bicyclic) bond motifs is 2. The molecule has 4 heterocycles. The minimum Gasteiger partial charge on any atom is -0.370 e. The van der Waals surface area contributed by atoms with Gasteiger partial charge < -0.3 is 14.6 Å². The molecule has 1 aliphatic heterocycles. The van der Waals surface area contributed by atoms with E-state index in [1.807, 2.05) is 12.3 Å². The lowest BCUT2D eigenvalue weighted by Gasteiger charge is -2.28. The molecular weight excluding hydrogens is 399 g/mol. The van der Waals surface area contributed by atoms with Gasteiger partial charge in [0, 0.05) is 68.7 Å². The number of carbonyl (C=O) groups excluding carboxylic acids is 2. The third-order valence-electron chi connectivity index (χ3n) is 5.56. The molecule has 0 saturated carbocycles. The van der Waals surface area contributed by atoms with Crippen LogP contribution < -0.4 is 10.2 Å². The van der Waals surface area contributed by atoms with Crippen LogP contribution in [-0.4, -0.2) is 43.9 Å². The van der Waals surface area contributed by atoms with E-state index in [4.69, 9.17) is 0 Å². The Bertz CT molecular complexity index is 1350. The molecule has 0 spiro atoms. The number of amides is 1. The number of nitrogens with zero attached hydrogens (tertiary/aromatic N) is 5. The van der Waals surface area contributed by atoms with Crippen LogP contribution in [0.1, 0.15) is 28.9 Å². The van der Waals surface area contributed by atoms with Crippen molar-refractivity contribution in [2.75, 3.05) is 23.3 Å². The average molecular weight is 420 g/mol. The van der Waals surface area contributed by atoms with Crippen LogP contribution in [0, 0.1) is 12.7 Å². The standard InChI is InChI=1S/C22H21FN6O2/c1-13-10-29-11-14(9-18(23)21(29)24-13)25-22(31)16-3-4-19(17-12-27(2)26-20(16)17)28-7-5-15(30)6-8-28/h3-4,9-12H,5-8H2,1-2H3,(H,25,31). The molecule has 0 atom stereocenters. The number of rotatable bonds is 3. The van der Waals surface area contributed by atoms with Gasteiger partial charge in [-0.05, 0) is 19.1 Å². The zero-order chi connectivity index (χ0) is 21.7. The first-order chi connectivity index (χ1) is 14.9. The minimum atomic E-state index is -0.510. The molecule has 1 N–H and O–H groups in total. The van der Waals surface area contributed by atoms with Crippen molar-refractivity contribution in [3.05, 3.63) is 53.9 Å². The van der Waals surface area contributed by atoms with Crippen LogP contribution in [0.15, 0.2) is 36.8 Å². The monoisotopic (exact) mass is 420 g/mol. The van der Waals surface area contributed by atoms with E-state index in [0.29, 0.717) is 48.4 Å². The Labute approximate surface area is 177 Å². The summed E-state index contributed by atoms with van der Waals surface area (Å²) >= 11 is 0. The molecule has 4 aromatic rings. The van der Waals surface area contributed by atoms with Crippen molar-refractivity contribution in [1.82, 2.24) is 19.2 Å². The molecule has 0 aliphatic carbocycles. The lowest BCUT2D eigenvalue weighted by atomic mass is 10.0. The summed E-state index contributed by atoms with van der Waals surface area (Å²) in [5, 5.41) is 8.11. The molecule has 0 radical (unpaired) electrons. The lowest BCUT2D eigenvalue weighted by molar-refractivity contribution is -0.119. The van der Waals surface area contributed by atoms with Gasteiger partial charge >= 0.3 is 0 Å². The highest BCUT2D eigenvalue weighted by Gasteiger charge is 2.22. The van der Waals surface area contributed by atoms with Crippen molar-refractivity contribution in [1.29, 1.82) is 0 Å². The number of anilines is 2. The number of nitrogens with one attached hydrogen (secondary N) is 1. The Balaban J connectivity index is 1.49. The SMILES string of the molecule is Cc1cn2cc(NC(=O)c3ccc(N4CCC(=O)CC4)c4cn(C)nc34)cc(F)c2n1. The number of hydrogen-bond donors (Lipinski definition) is 1. The fourth-order valence-electron chi connectivity index (χ4n) is 4.11. The zero-order valence-corrected chi connectivity index (χ0v) is 17.2. The predicted molar refractivity (Wildman–Crippen MR) is 115 cm³/mol. The minimum absolute atomic E-state index is 0.215. The number of ketones is 1. The molecule has 1 fully saturated rings. The largest absolute Gasteiger partial charge is 0.370 e.